The van der Waals surface area contributed by atoms with Crippen LogP contribution in [0.2, 0.25) is 0 Å². The predicted octanol–water partition coefficient (Wildman–Crippen LogP) is 3.13. The number of ether oxygens (including phenoxy) is 1. The van der Waals surface area contributed by atoms with Gasteiger partial charge in [0.05, 0.1) is 16.6 Å². The summed E-state index contributed by atoms with van der Waals surface area (Å²) in [5.74, 6) is 0.593. The summed E-state index contributed by atoms with van der Waals surface area (Å²) in [4.78, 5) is 0. The van der Waals surface area contributed by atoms with Crippen LogP contribution >= 0.6 is 11.6 Å². The molecule has 0 unspecified atom stereocenters. The SMILES string of the molecule is CC1(C)C[C@@H]2C[C@H](Cl)C=C[C@]2(C)O1. The van der Waals surface area contributed by atoms with Gasteiger partial charge in [-0.25, -0.2) is 0 Å². The zero-order valence-electron chi connectivity index (χ0n) is 8.51. The number of hydrogen-bond donors (Lipinski definition) is 0. The van der Waals surface area contributed by atoms with Crippen molar-refractivity contribution in [2.45, 2.75) is 50.2 Å². The van der Waals surface area contributed by atoms with Crippen LogP contribution in [0.3, 0.4) is 0 Å². The standard InChI is InChI=1S/C11H17ClO/c1-10(2)7-8-6-9(12)4-5-11(8,3)13-10/h4-5,8-9H,6-7H2,1-3H3/t8-,9+,11-/m0/s1. The molecule has 2 rings (SSSR count). The second-order valence-corrected chi connectivity index (χ2v) is 5.62. The van der Waals surface area contributed by atoms with E-state index in [1.54, 1.807) is 0 Å². The van der Waals surface area contributed by atoms with E-state index in [1.807, 2.05) is 0 Å². The van der Waals surface area contributed by atoms with Gasteiger partial charge < -0.3 is 4.74 Å². The summed E-state index contributed by atoms with van der Waals surface area (Å²) < 4.78 is 6.04. The lowest BCUT2D eigenvalue weighted by Gasteiger charge is -2.32. The summed E-state index contributed by atoms with van der Waals surface area (Å²) in [6.07, 6.45) is 6.39. The molecule has 0 amide bonds. The summed E-state index contributed by atoms with van der Waals surface area (Å²) in [6, 6.07) is 0. The maximum Gasteiger partial charge on any atom is 0.0871 e. The molecule has 1 nitrogen and oxygen atoms in total. The fourth-order valence-corrected chi connectivity index (χ4v) is 2.94. The van der Waals surface area contributed by atoms with E-state index in [0.29, 0.717) is 5.92 Å². The summed E-state index contributed by atoms with van der Waals surface area (Å²) in [7, 11) is 0. The molecule has 1 saturated heterocycles. The predicted molar refractivity (Wildman–Crippen MR) is 55.1 cm³/mol. The van der Waals surface area contributed by atoms with Crippen molar-refractivity contribution in [3.05, 3.63) is 12.2 Å². The van der Waals surface area contributed by atoms with Crippen molar-refractivity contribution in [2.24, 2.45) is 5.92 Å². The fourth-order valence-electron chi connectivity index (χ4n) is 2.65. The Morgan fingerprint density at radius 1 is 1.38 bits per heavy atom. The Labute approximate surface area is 85.1 Å². The molecule has 13 heavy (non-hydrogen) atoms. The average Bonchev–Trinajstić information content (AvgIpc) is 2.18. The van der Waals surface area contributed by atoms with Crippen LogP contribution < -0.4 is 0 Å². The highest BCUT2D eigenvalue weighted by Crippen LogP contribution is 2.47. The first kappa shape index (κ1) is 9.54. The topological polar surface area (TPSA) is 9.23 Å². The van der Waals surface area contributed by atoms with Crippen molar-refractivity contribution < 1.29 is 4.74 Å². The Morgan fingerprint density at radius 3 is 2.77 bits per heavy atom. The molecule has 0 N–H and O–H groups in total. The normalized spacial score (nSPS) is 47.7. The van der Waals surface area contributed by atoms with Gasteiger partial charge in [0.15, 0.2) is 0 Å². The molecule has 0 aromatic carbocycles. The lowest BCUT2D eigenvalue weighted by Crippen LogP contribution is -2.34. The highest BCUT2D eigenvalue weighted by atomic mass is 35.5. The summed E-state index contributed by atoms with van der Waals surface area (Å²) in [5.41, 5.74) is -0.0421. The lowest BCUT2D eigenvalue weighted by molar-refractivity contribution is -0.0590. The molecule has 0 aromatic rings. The van der Waals surface area contributed by atoms with Crippen LogP contribution in [-0.2, 0) is 4.74 Å². The highest BCUT2D eigenvalue weighted by Gasteiger charge is 2.48. The Hall–Kier alpha value is -0.0100. The molecule has 74 valence electrons. The molecular weight excluding hydrogens is 184 g/mol. The Bertz CT molecular complexity index is 246. The van der Waals surface area contributed by atoms with E-state index in [9.17, 15) is 0 Å². The zero-order chi connectivity index (χ0) is 9.69. The van der Waals surface area contributed by atoms with Gasteiger partial charge in [-0.1, -0.05) is 12.2 Å². The molecular formula is C11H17ClO. The van der Waals surface area contributed by atoms with E-state index >= 15 is 0 Å². The van der Waals surface area contributed by atoms with Crippen molar-refractivity contribution >= 4 is 11.6 Å². The van der Waals surface area contributed by atoms with E-state index < -0.39 is 0 Å². The monoisotopic (exact) mass is 200 g/mol. The van der Waals surface area contributed by atoms with Crippen LogP contribution in [0.4, 0.5) is 0 Å². The molecule has 1 heterocycles. The molecule has 0 saturated carbocycles. The number of allylic oxidation sites excluding steroid dienone is 1. The number of alkyl halides is 1. The molecule has 0 bridgehead atoms. The van der Waals surface area contributed by atoms with Gasteiger partial charge in [0.25, 0.3) is 0 Å². The lowest BCUT2D eigenvalue weighted by atomic mass is 9.79. The van der Waals surface area contributed by atoms with Crippen molar-refractivity contribution in [2.75, 3.05) is 0 Å². The minimum Gasteiger partial charge on any atom is -0.365 e. The van der Waals surface area contributed by atoms with Crippen LogP contribution in [0.15, 0.2) is 12.2 Å². The van der Waals surface area contributed by atoms with E-state index in [4.69, 9.17) is 16.3 Å². The van der Waals surface area contributed by atoms with Gasteiger partial charge in [-0.15, -0.1) is 11.6 Å². The average molecular weight is 201 g/mol. The van der Waals surface area contributed by atoms with Gasteiger partial charge in [0, 0.05) is 0 Å². The van der Waals surface area contributed by atoms with Crippen LogP contribution in [0.5, 0.6) is 0 Å². The maximum atomic E-state index is 6.10. The zero-order valence-corrected chi connectivity index (χ0v) is 9.27. The molecule has 1 aliphatic carbocycles. The molecule has 2 aliphatic rings. The minimum atomic E-state index is -0.0606. The molecule has 0 aromatic heterocycles. The third-order valence-corrected chi connectivity index (χ3v) is 3.51. The smallest absolute Gasteiger partial charge is 0.0871 e. The first-order valence-corrected chi connectivity index (χ1v) is 5.39. The third kappa shape index (κ3) is 1.64. The van der Waals surface area contributed by atoms with E-state index in [2.05, 4.69) is 32.9 Å². The second-order valence-electron chi connectivity index (χ2n) is 5.06. The molecule has 1 fully saturated rings. The van der Waals surface area contributed by atoms with E-state index in [1.165, 1.54) is 0 Å². The third-order valence-electron chi connectivity index (χ3n) is 3.19. The maximum absolute atomic E-state index is 6.10. The quantitative estimate of drug-likeness (QED) is 0.431. The van der Waals surface area contributed by atoms with E-state index in [0.717, 1.165) is 12.8 Å². The van der Waals surface area contributed by atoms with E-state index in [-0.39, 0.29) is 16.6 Å². The minimum absolute atomic E-state index is 0.0186. The second kappa shape index (κ2) is 2.74. The Morgan fingerprint density at radius 2 is 2.08 bits per heavy atom. The largest absolute Gasteiger partial charge is 0.365 e. The summed E-state index contributed by atoms with van der Waals surface area (Å²) in [5, 5.41) is 0.204. The van der Waals surface area contributed by atoms with Crippen molar-refractivity contribution in [1.29, 1.82) is 0 Å². The number of rotatable bonds is 0. The Kier molecular flexibility index (Phi) is 2.01. The van der Waals surface area contributed by atoms with Crippen LogP contribution in [-0.4, -0.2) is 16.6 Å². The van der Waals surface area contributed by atoms with Crippen molar-refractivity contribution in [3.8, 4) is 0 Å². The van der Waals surface area contributed by atoms with Gasteiger partial charge in [-0.05, 0) is 39.5 Å². The number of hydrogen-bond acceptors (Lipinski definition) is 1. The number of fused-ring (bicyclic) bond motifs is 1. The van der Waals surface area contributed by atoms with Crippen molar-refractivity contribution in [1.82, 2.24) is 0 Å². The highest BCUT2D eigenvalue weighted by molar-refractivity contribution is 6.21. The van der Waals surface area contributed by atoms with Gasteiger partial charge in [0.2, 0.25) is 0 Å². The van der Waals surface area contributed by atoms with Gasteiger partial charge in [-0.2, -0.15) is 0 Å². The van der Waals surface area contributed by atoms with Crippen LogP contribution in [0.1, 0.15) is 33.6 Å². The molecule has 0 spiro atoms. The summed E-state index contributed by atoms with van der Waals surface area (Å²) in [6.45, 7) is 6.49. The van der Waals surface area contributed by atoms with Gasteiger partial charge in [-0.3, -0.25) is 0 Å². The van der Waals surface area contributed by atoms with Crippen LogP contribution in [0, 0.1) is 5.92 Å². The molecule has 3 atom stereocenters. The van der Waals surface area contributed by atoms with Gasteiger partial charge >= 0.3 is 0 Å². The molecule has 2 heteroatoms. The summed E-state index contributed by atoms with van der Waals surface area (Å²) >= 11 is 6.10. The Balaban J connectivity index is 2.25. The molecule has 1 aliphatic heterocycles. The first-order chi connectivity index (χ1) is 5.91. The molecule has 0 radical (unpaired) electrons. The van der Waals surface area contributed by atoms with Crippen LogP contribution in [0.25, 0.3) is 0 Å². The number of halogens is 1. The van der Waals surface area contributed by atoms with Crippen molar-refractivity contribution in [3.63, 3.8) is 0 Å². The first-order valence-electron chi connectivity index (χ1n) is 4.95. The fraction of sp³-hybridized carbons (Fsp3) is 0.818. The van der Waals surface area contributed by atoms with Gasteiger partial charge in [0.1, 0.15) is 0 Å².